The maximum atomic E-state index is 6.20. The number of nitrogens with two attached hydrogens (primary N) is 1. The predicted molar refractivity (Wildman–Crippen MR) is 76.2 cm³/mol. The lowest BCUT2D eigenvalue weighted by molar-refractivity contribution is 0.291. The number of pyridine rings is 1. The smallest absolute Gasteiger partial charge is 0.0822 e. The summed E-state index contributed by atoms with van der Waals surface area (Å²) in [5.41, 5.74) is 6.67. The summed E-state index contributed by atoms with van der Waals surface area (Å²) >= 11 is 6.20. The lowest BCUT2D eigenvalue weighted by Crippen LogP contribution is -2.32. The number of aromatic nitrogens is 1. The summed E-state index contributed by atoms with van der Waals surface area (Å²) in [6.45, 7) is 6.19. The third-order valence-electron chi connectivity index (χ3n) is 3.36. The van der Waals surface area contributed by atoms with Crippen molar-refractivity contribution >= 4 is 17.3 Å². The highest BCUT2D eigenvalue weighted by Crippen LogP contribution is 2.25. The van der Waals surface area contributed by atoms with Crippen molar-refractivity contribution in [2.24, 2.45) is 5.73 Å². The molecule has 0 aliphatic carbocycles. The van der Waals surface area contributed by atoms with E-state index >= 15 is 0 Å². The summed E-state index contributed by atoms with van der Waals surface area (Å²) in [6, 6.07) is 2.00. The maximum Gasteiger partial charge on any atom is 0.0822 e. The topological polar surface area (TPSA) is 45.4 Å². The zero-order valence-electron chi connectivity index (χ0n) is 10.7. The number of rotatable bonds is 4. The van der Waals surface area contributed by atoms with Crippen molar-refractivity contribution in [1.82, 2.24) is 9.88 Å². The fraction of sp³-hybridized carbons (Fsp3) is 0.615. The molecule has 100 valence electrons. The average molecular weight is 269 g/mol. The average Bonchev–Trinajstić information content (AvgIpc) is 2.62. The molecule has 0 spiro atoms. The molecule has 1 aliphatic heterocycles. The Balaban J connectivity index is 1.95. The number of hydrogen-bond acceptors (Lipinski definition) is 4. The van der Waals surface area contributed by atoms with Crippen LogP contribution in [-0.2, 0) is 0 Å². The second-order valence-electron chi connectivity index (χ2n) is 4.65. The monoisotopic (exact) mass is 268 g/mol. The van der Waals surface area contributed by atoms with E-state index in [1.807, 2.05) is 6.07 Å². The van der Waals surface area contributed by atoms with E-state index in [0.29, 0.717) is 0 Å². The molecule has 0 radical (unpaired) electrons. The Labute approximate surface area is 114 Å². The minimum absolute atomic E-state index is 0.743. The van der Waals surface area contributed by atoms with Gasteiger partial charge in [0.25, 0.3) is 0 Å². The summed E-state index contributed by atoms with van der Waals surface area (Å²) in [7, 11) is 0. The van der Waals surface area contributed by atoms with Crippen molar-refractivity contribution in [3.05, 3.63) is 23.5 Å². The molecule has 4 nitrogen and oxygen atoms in total. The van der Waals surface area contributed by atoms with Gasteiger partial charge in [-0.3, -0.25) is 4.98 Å². The van der Waals surface area contributed by atoms with E-state index in [2.05, 4.69) is 14.8 Å². The Morgan fingerprint density at radius 2 is 2.17 bits per heavy atom. The molecule has 0 aromatic carbocycles. The molecule has 0 unspecified atom stereocenters. The van der Waals surface area contributed by atoms with Gasteiger partial charge in [-0.25, -0.2) is 0 Å². The van der Waals surface area contributed by atoms with Crippen LogP contribution in [0, 0.1) is 0 Å². The molecule has 1 aromatic heterocycles. The Kier molecular flexibility index (Phi) is 5.23. The summed E-state index contributed by atoms with van der Waals surface area (Å²) in [4.78, 5) is 8.88. The van der Waals surface area contributed by atoms with Gasteiger partial charge in [-0.15, -0.1) is 0 Å². The van der Waals surface area contributed by atoms with Gasteiger partial charge in [0.2, 0.25) is 0 Å². The highest BCUT2D eigenvalue weighted by Gasteiger charge is 2.16. The van der Waals surface area contributed by atoms with Gasteiger partial charge in [-0.2, -0.15) is 0 Å². The van der Waals surface area contributed by atoms with Gasteiger partial charge in [0.1, 0.15) is 0 Å². The lowest BCUT2D eigenvalue weighted by atomic mass is 10.3. The van der Waals surface area contributed by atoms with Gasteiger partial charge in [0.15, 0.2) is 0 Å². The Bertz CT molecular complexity index is 372. The molecule has 0 bridgehead atoms. The summed E-state index contributed by atoms with van der Waals surface area (Å²) < 4.78 is 0. The van der Waals surface area contributed by atoms with Gasteiger partial charge in [-0.1, -0.05) is 11.6 Å². The van der Waals surface area contributed by atoms with E-state index < -0.39 is 0 Å². The SMILES string of the molecule is NCCCN1CCCN(c2ccncc2Cl)CC1. The molecule has 1 fully saturated rings. The standard InChI is InChI=1S/C13H21ClN4/c14-12-11-16-5-3-13(12)18-8-2-7-17(9-10-18)6-1-4-15/h3,5,11H,1-2,4,6-10,15H2. The molecule has 5 heteroatoms. The van der Waals surface area contributed by atoms with Crippen molar-refractivity contribution in [3.8, 4) is 0 Å². The van der Waals surface area contributed by atoms with Crippen LogP contribution in [0.5, 0.6) is 0 Å². The first-order valence-corrected chi connectivity index (χ1v) is 6.96. The molecule has 1 aliphatic rings. The molecular formula is C13H21ClN4. The highest BCUT2D eigenvalue weighted by atomic mass is 35.5. The van der Waals surface area contributed by atoms with Gasteiger partial charge >= 0.3 is 0 Å². The zero-order chi connectivity index (χ0) is 12.8. The van der Waals surface area contributed by atoms with Gasteiger partial charge in [-0.05, 0) is 38.5 Å². The van der Waals surface area contributed by atoms with Crippen molar-refractivity contribution in [3.63, 3.8) is 0 Å². The van der Waals surface area contributed by atoms with Crippen LogP contribution < -0.4 is 10.6 Å². The molecule has 1 saturated heterocycles. The number of hydrogen-bond donors (Lipinski definition) is 1. The summed E-state index contributed by atoms with van der Waals surface area (Å²) in [6.07, 6.45) is 5.77. The van der Waals surface area contributed by atoms with E-state index in [-0.39, 0.29) is 0 Å². The summed E-state index contributed by atoms with van der Waals surface area (Å²) in [5, 5.41) is 0.743. The van der Waals surface area contributed by atoms with Crippen LogP contribution >= 0.6 is 11.6 Å². The van der Waals surface area contributed by atoms with Crippen molar-refractivity contribution < 1.29 is 0 Å². The van der Waals surface area contributed by atoms with Crippen molar-refractivity contribution in [2.75, 3.05) is 44.2 Å². The lowest BCUT2D eigenvalue weighted by Gasteiger charge is -2.24. The molecule has 2 rings (SSSR count). The van der Waals surface area contributed by atoms with E-state index in [1.54, 1.807) is 12.4 Å². The molecule has 18 heavy (non-hydrogen) atoms. The third-order valence-corrected chi connectivity index (χ3v) is 3.65. The van der Waals surface area contributed by atoms with Gasteiger partial charge < -0.3 is 15.5 Å². The fourth-order valence-electron chi connectivity index (χ4n) is 2.37. The molecule has 2 N–H and O–H groups in total. The Morgan fingerprint density at radius 3 is 2.94 bits per heavy atom. The molecule has 0 saturated carbocycles. The second-order valence-corrected chi connectivity index (χ2v) is 5.06. The molecule has 2 heterocycles. The van der Waals surface area contributed by atoms with E-state index in [4.69, 9.17) is 17.3 Å². The van der Waals surface area contributed by atoms with Crippen LogP contribution in [0.2, 0.25) is 5.02 Å². The number of nitrogens with zero attached hydrogens (tertiary/aromatic N) is 3. The normalized spacial score (nSPS) is 17.8. The van der Waals surface area contributed by atoms with Crippen LogP contribution in [0.3, 0.4) is 0 Å². The fourth-order valence-corrected chi connectivity index (χ4v) is 2.61. The highest BCUT2D eigenvalue weighted by molar-refractivity contribution is 6.33. The first-order valence-electron chi connectivity index (χ1n) is 6.58. The van der Waals surface area contributed by atoms with Crippen molar-refractivity contribution in [1.29, 1.82) is 0 Å². The molecule has 0 amide bonds. The van der Waals surface area contributed by atoms with Gasteiger partial charge in [0, 0.05) is 32.0 Å². The largest absolute Gasteiger partial charge is 0.369 e. The van der Waals surface area contributed by atoms with E-state index in [9.17, 15) is 0 Å². The minimum Gasteiger partial charge on any atom is -0.369 e. The minimum atomic E-state index is 0.743. The number of anilines is 1. The second kappa shape index (κ2) is 6.92. The summed E-state index contributed by atoms with van der Waals surface area (Å²) in [5.74, 6) is 0. The molecule has 0 atom stereocenters. The molecular weight excluding hydrogens is 248 g/mol. The first kappa shape index (κ1) is 13.6. The van der Waals surface area contributed by atoms with Crippen LogP contribution in [0.15, 0.2) is 18.5 Å². The quantitative estimate of drug-likeness (QED) is 0.901. The maximum absolute atomic E-state index is 6.20. The van der Waals surface area contributed by atoms with Gasteiger partial charge in [0.05, 0.1) is 10.7 Å². The van der Waals surface area contributed by atoms with E-state index in [1.165, 1.54) is 6.42 Å². The van der Waals surface area contributed by atoms with Crippen LogP contribution in [0.4, 0.5) is 5.69 Å². The Hall–Kier alpha value is -0.840. The van der Waals surface area contributed by atoms with Crippen LogP contribution in [0.25, 0.3) is 0 Å². The predicted octanol–water partition coefficient (Wildman–Crippen LogP) is 1.60. The Morgan fingerprint density at radius 1 is 1.28 bits per heavy atom. The first-order chi connectivity index (χ1) is 8.81. The zero-order valence-corrected chi connectivity index (χ0v) is 11.4. The van der Waals surface area contributed by atoms with Crippen LogP contribution in [-0.4, -0.2) is 49.2 Å². The van der Waals surface area contributed by atoms with Crippen molar-refractivity contribution in [2.45, 2.75) is 12.8 Å². The van der Waals surface area contributed by atoms with Crippen LogP contribution in [0.1, 0.15) is 12.8 Å². The third kappa shape index (κ3) is 3.57. The van der Waals surface area contributed by atoms with E-state index in [0.717, 1.165) is 56.4 Å². The number of halogens is 1. The molecule has 1 aromatic rings.